The number of fused-ring (bicyclic) bond motifs is 3. The summed E-state index contributed by atoms with van der Waals surface area (Å²) in [4.78, 5) is 10.7. The molecule has 0 fully saturated rings. The number of hydrogen-bond acceptors (Lipinski definition) is 3. The van der Waals surface area contributed by atoms with E-state index in [2.05, 4.69) is 0 Å². The molecule has 0 aliphatic carbocycles. The van der Waals surface area contributed by atoms with Gasteiger partial charge >= 0.3 is 0 Å². The van der Waals surface area contributed by atoms with Gasteiger partial charge in [0.2, 0.25) is 0 Å². The molecule has 0 bridgehead atoms. The van der Waals surface area contributed by atoms with Gasteiger partial charge in [0.1, 0.15) is 11.2 Å². The average Bonchev–Trinajstić information content (AvgIpc) is 2.74. The van der Waals surface area contributed by atoms with Crippen molar-refractivity contribution < 1.29 is 9.34 Å². The minimum Gasteiger partial charge on any atom is -0.456 e. The Morgan fingerprint density at radius 2 is 1.95 bits per heavy atom. The van der Waals surface area contributed by atoms with Crippen molar-refractivity contribution >= 4 is 35.5 Å². The van der Waals surface area contributed by atoms with Crippen LogP contribution in [0.2, 0.25) is 0 Å². The SMILES string of the molecule is [B]C(C)c1cc2c(cc1[N+](=O)[O-])oc1ccccc12. The predicted molar refractivity (Wildman–Crippen MR) is 74.5 cm³/mol. The molecule has 2 radical (unpaired) electrons. The van der Waals surface area contributed by atoms with Gasteiger partial charge in [-0.05, 0) is 17.9 Å². The molecule has 3 aromatic rings. The van der Waals surface area contributed by atoms with Gasteiger partial charge in [0.05, 0.1) is 18.8 Å². The molecule has 0 N–H and O–H groups in total. The second-order valence-corrected chi connectivity index (χ2v) is 4.55. The van der Waals surface area contributed by atoms with Gasteiger partial charge in [-0.2, -0.15) is 0 Å². The Balaban J connectivity index is 2.43. The van der Waals surface area contributed by atoms with Crippen molar-refractivity contribution in [3.05, 3.63) is 52.1 Å². The molecule has 92 valence electrons. The number of rotatable bonds is 2. The van der Waals surface area contributed by atoms with Crippen LogP contribution in [-0.2, 0) is 0 Å². The summed E-state index contributed by atoms with van der Waals surface area (Å²) in [7, 11) is 5.82. The molecular formula is C14H10BNO3. The van der Waals surface area contributed by atoms with Gasteiger partial charge in [-0.25, -0.2) is 0 Å². The van der Waals surface area contributed by atoms with Crippen molar-refractivity contribution in [1.82, 2.24) is 0 Å². The van der Waals surface area contributed by atoms with Crippen LogP contribution in [0, 0.1) is 10.1 Å². The first-order chi connectivity index (χ1) is 9.08. The first-order valence-electron chi connectivity index (χ1n) is 5.93. The van der Waals surface area contributed by atoms with E-state index in [1.807, 2.05) is 24.3 Å². The first kappa shape index (κ1) is 11.8. The fourth-order valence-corrected chi connectivity index (χ4v) is 2.30. The summed E-state index contributed by atoms with van der Waals surface area (Å²) in [6, 6.07) is 10.7. The summed E-state index contributed by atoms with van der Waals surface area (Å²) in [6.45, 7) is 1.73. The van der Waals surface area contributed by atoms with Crippen LogP contribution in [0.3, 0.4) is 0 Å². The summed E-state index contributed by atoms with van der Waals surface area (Å²) >= 11 is 0. The Morgan fingerprint density at radius 3 is 2.63 bits per heavy atom. The molecule has 1 aromatic heterocycles. The van der Waals surface area contributed by atoms with Crippen LogP contribution in [0.15, 0.2) is 40.8 Å². The molecule has 0 aliphatic heterocycles. The largest absolute Gasteiger partial charge is 0.456 e. The van der Waals surface area contributed by atoms with Crippen LogP contribution >= 0.6 is 0 Å². The molecule has 0 saturated heterocycles. The molecule has 5 heteroatoms. The summed E-state index contributed by atoms with van der Waals surface area (Å²) in [5, 5.41) is 12.9. The van der Waals surface area contributed by atoms with E-state index in [0.29, 0.717) is 16.7 Å². The highest BCUT2D eigenvalue weighted by Gasteiger charge is 2.20. The lowest BCUT2D eigenvalue weighted by Crippen LogP contribution is -1.99. The Bertz CT molecular complexity index is 792. The molecule has 1 unspecified atom stereocenters. The maximum atomic E-state index is 11.1. The van der Waals surface area contributed by atoms with Gasteiger partial charge in [-0.3, -0.25) is 10.1 Å². The molecule has 0 amide bonds. The normalized spacial score (nSPS) is 12.9. The minimum absolute atomic E-state index is 0.00144. The number of para-hydroxylation sites is 1. The van der Waals surface area contributed by atoms with E-state index in [0.717, 1.165) is 10.8 Å². The van der Waals surface area contributed by atoms with E-state index in [-0.39, 0.29) is 5.69 Å². The van der Waals surface area contributed by atoms with Crippen molar-refractivity contribution in [2.45, 2.75) is 12.7 Å². The number of furan rings is 1. The van der Waals surface area contributed by atoms with E-state index < -0.39 is 10.7 Å². The fourth-order valence-electron chi connectivity index (χ4n) is 2.30. The quantitative estimate of drug-likeness (QED) is 0.396. The summed E-state index contributed by atoms with van der Waals surface area (Å²) in [6.07, 6.45) is 0. The molecule has 3 rings (SSSR count). The fraction of sp³-hybridized carbons (Fsp3) is 0.143. The van der Waals surface area contributed by atoms with Crippen LogP contribution in [0.4, 0.5) is 5.69 Å². The topological polar surface area (TPSA) is 56.3 Å². The second kappa shape index (κ2) is 4.12. The average molecular weight is 251 g/mol. The zero-order chi connectivity index (χ0) is 13.6. The maximum Gasteiger partial charge on any atom is 0.275 e. The van der Waals surface area contributed by atoms with Crippen molar-refractivity contribution in [3.8, 4) is 0 Å². The molecular weight excluding hydrogens is 241 g/mol. The van der Waals surface area contributed by atoms with Gasteiger partial charge in [0.25, 0.3) is 5.69 Å². The van der Waals surface area contributed by atoms with E-state index >= 15 is 0 Å². The number of nitro groups is 1. The van der Waals surface area contributed by atoms with Crippen molar-refractivity contribution in [2.24, 2.45) is 0 Å². The molecule has 0 saturated carbocycles. The van der Waals surface area contributed by atoms with Crippen LogP contribution in [0.25, 0.3) is 21.9 Å². The van der Waals surface area contributed by atoms with Crippen LogP contribution < -0.4 is 0 Å². The predicted octanol–water partition coefficient (Wildman–Crippen LogP) is 3.72. The molecule has 1 atom stereocenters. The Kier molecular flexibility index (Phi) is 2.55. The molecule has 0 aliphatic rings. The monoisotopic (exact) mass is 251 g/mol. The lowest BCUT2D eigenvalue weighted by Gasteiger charge is -2.06. The number of hydrogen-bond donors (Lipinski definition) is 0. The highest BCUT2D eigenvalue weighted by Crippen LogP contribution is 2.35. The van der Waals surface area contributed by atoms with Crippen molar-refractivity contribution in [1.29, 1.82) is 0 Å². The van der Waals surface area contributed by atoms with Gasteiger partial charge in [-0.1, -0.05) is 25.1 Å². The minimum atomic E-state index is -0.425. The number of nitrogens with zero attached hydrogens (tertiary/aromatic N) is 1. The van der Waals surface area contributed by atoms with Crippen molar-refractivity contribution in [3.63, 3.8) is 0 Å². The van der Waals surface area contributed by atoms with Crippen LogP contribution in [-0.4, -0.2) is 12.8 Å². The highest BCUT2D eigenvalue weighted by atomic mass is 16.6. The Hall–Kier alpha value is -2.30. The first-order valence-corrected chi connectivity index (χ1v) is 5.93. The van der Waals surface area contributed by atoms with Crippen LogP contribution in [0.1, 0.15) is 18.3 Å². The van der Waals surface area contributed by atoms with E-state index in [1.165, 1.54) is 6.07 Å². The van der Waals surface area contributed by atoms with Gasteiger partial charge in [0, 0.05) is 16.3 Å². The van der Waals surface area contributed by atoms with E-state index in [1.54, 1.807) is 13.0 Å². The zero-order valence-corrected chi connectivity index (χ0v) is 10.3. The lowest BCUT2D eigenvalue weighted by atomic mass is 9.81. The molecule has 2 aromatic carbocycles. The molecule has 19 heavy (non-hydrogen) atoms. The lowest BCUT2D eigenvalue weighted by molar-refractivity contribution is -0.385. The molecule has 0 spiro atoms. The molecule has 1 heterocycles. The van der Waals surface area contributed by atoms with E-state index in [4.69, 9.17) is 12.3 Å². The maximum absolute atomic E-state index is 11.1. The van der Waals surface area contributed by atoms with Crippen LogP contribution in [0.5, 0.6) is 0 Å². The highest BCUT2D eigenvalue weighted by molar-refractivity contribution is 6.13. The molecule has 4 nitrogen and oxygen atoms in total. The summed E-state index contributed by atoms with van der Waals surface area (Å²) in [5.41, 5.74) is 1.75. The number of nitro benzene ring substituents is 1. The Morgan fingerprint density at radius 1 is 1.21 bits per heavy atom. The Labute approximate surface area is 110 Å². The zero-order valence-electron chi connectivity index (χ0n) is 10.3. The van der Waals surface area contributed by atoms with Crippen molar-refractivity contribution in [2.75, 3.05) is 0 Å². The third-order valence-corrected chi connectivity index (χ3v) is 3.21. The summed E-state index contributed by atoms with van der Waals surface area (Å²) in [5.74, 6) is -0.404. The van der Waals surface area contributed by atoms with Gasteiger partial charge in [-0.15, -0.1) is 0 Å². The van der Waals surface area contributed by atoms with E-state index in [9.17, 15) is 10.1 Å². The van der Waals surface area contributed by atoms with Gasteiger partial charge in [0.15, 0.2) is 0 Å². The smallest absolute Gasteiger partial charge is 0.275 e. The van der Waals surface area contributed by atoms with Gasteiger partial charge < -0.3 is 4.42 Å². The standard InChI is InChI=1S/C14H10BNO3/c1-8(15)10-6-11-9-4-2-3-5-13(9)19-14(11)7-12(10)16(17)18/h2-8H,1H3. The summed E-state index contributed by atoms with van der Waals surface area (Å²) < 4.78 is 5.63. The third-order valence-electron chi connectivity index (χ3n) is 3.21. The number of benzene rings is 2. The second-order valence-electron chi connectivity index (χ2n) is 4.55. The third kappa shape index (κ3) is 1.78.